The molecule has 4 N–H and O–H groups in total. The molecule has 3 rings (SSSR count). The zero-order valence-electron chi connectivity index (χ0n) is 14.7. The lowest BCUT2D eigenvalue weighted by atomic mass is 10.1. The Balaban J connectivity index is 1.81. The first-order chi connectivity index (χ1) is 12.5. The first kappa shape index (κ1) is 21.8. The van der Waals surface area contributed by atoms with Gasteiger partial charge in [-0.25, -0.2) is 4.57 Å². The van der Waals surface area contributed by atoms with Crippen molar-refractivity contribution in [1.82, 2.24) is 0 Å². The van der Waals surface area contributed by atoms with Gasteiger partial charge in [0, 0.05) is 0 Å². The first-order valence-corrected chi connectivity index (χ1v) is 11.7. The van der Waals surface area contributed by atoms with E-state index < -0.39 is 83.8 Å². The molecule has 0 amide bonds. The van der Waals surface area contributed by atoms with Crippen molar-refractivity contribution in [2.24, 2.45) is 0 Å². The van der Waals surface area contributed by atoms with Crippen LogP contribution in [0.5, 0.6) is 0 Å². The van der Waals surface area contributed by atoms with Crippen LogP contribution < -0.4 is 0 Å². The van der Waals surface area contributed by atoms with E-state index in [0.717, 1.165) is 0 Å². The van der Waals surface area contributed by atoms with Crippen LogP contribution >= 0.6 is 15.4 Å². The Labute approximate surface area is 155 Å². The second-order valence-corrected chi connectivity index (χ2v) is 9.97. The molecule has 0 aliphatic carbocycles. The van der Waals surface area contributed by atoms with Crippen LogP contribution in [-0.4, -0.2) is 88.4 Å². The monoisotopic (exact) mass is 434 g/mol. The maximum Gasteiger partial charge on any atom is 0.472 e. The van der Waals surface area contributed by atoms with Crippen LogP contribution in [0.2, 0.25) is 0 Å². The minimum Gasteiger partial charge on any atom is -0.387 e. The molecule has 27 heavy (non-hydrogen) atoms. The summed E-state index contributed by atoms with van der Waals surface area (Å²) in [5.74, 6) is 0. The van der Waals surface area contributed by atoms with Crippen LogP contribution in [-0.2, 0) is 36.9 Å². The molecule has 0 spiro atoms. The maximum atomic E-state index is 12.2. The van der Waals surface area contributed by atoms with Gasteiger partial charge in [-0.1, -0.05) is 0 Å². The third-order valence-corrected chi connectivity index (χ3v) is 6.68. The summed E-state index contributed by atoms with van der Waals surface area (Å²) in [5, 5.41) is 20.5. The average molecular weight is 434 g/mol. The predicted octanol–water partition coefficient (Wildman–Crippen LogP) is -0.657. The molecular weight excluding hydrogens is 410 g/mol. The van der Waals surface area contributed by atoms with Crippen LogP contribution in [0.3, 0.4) is 0 Å². The molecule has 3 heterocycles. The minimum absolute atomic E-state index is 0.471. The Morgan fingerprint density at radius 2 is 1.37 bits per heavy atom. The zero-order chi connectivity index (χ0) is 20.0. The molecule has 0 aromatic carbocycles. The molecule has 3 aliphatic rings. The lowest BCUT2D eigenvalue weighted by molar-refractivity contribution is -0.0307. The number of rotatable bonds is 0. The molecule has 3 fully saturated rings. The van der Waals surface area contributed by atoms with Gasteiger partial charge in [0.15, 0.2) is 0 Å². The Hall–Kier alpha value is 0.0600. The number of fused-ring (bicyclic) bond motifs is 4. The van der Waals surface area contributed by atoms with Crippen molar-refractivity contribution in [3.05, 3.63) is 0 Å². The molecule has 10 atom stereocenters. The molecule has 0 aromatic heterocycles. The van der Waals surface area contributed by atoms with Gasteiger partial charge in [-0.15, -0.1) is 0 Å². The lowest BCUT2D eigenvalue weighted by Gasteiger charge is -2.23. The molecule has 12 nitrogen and oxygen atoms in total. The van der Waals surface area contributed by atoms with Crippen LogP contribution in [0.4, 0.5) is 0 Å². The van der Waals surface area contributed by atoms with Gasteiger partial charge in [-0.3, -0.25) is 13.6 Å². The number of hydrogen-bond acceptors (Lipinski definition) is 10. The van der Waals surface area contributed by atoms with E-state index in [-0.39, 0.29) is 0 Å². The Morgan fingerprint density at radius 1 is 0.852 bits per heavy atom. The van der Waals surface area contributed by atoms with Crippen molar-refractivity contribution < 1.29 is 56.9 Å². The smallest absolute Gasteiger partial charge is 0.387 e. The summed E-state index contributed by atoms with van der Waals surface area (Å²) in [6.07, 6.45) is -9.12. The van der Waals surface area contributed by atoms with Crippen molar-refractivity contribution in [1.29, 1.82) is 0 Å². The van der Waals surface area contributed by atoms with Gasteiger partial charge in [0.25, 0.3) is 0 Å². The third-order valence-electron chi connectivity index (χ3n) is 4.67. The molecular formula is C13H24O12P2. The Morgan fingerprint density at radius 3 is 2.00 bits per heavy atom. The van der Waals surface area contributed by atoms with Crippen LogP contribution in [0.1, 0.15) is 13.8 Å². The molecule has 4 bridgehead atoms. The van der Waals surface area contributed by atoms with E-state index in [9.17, 15) is 29.1 Å². The molecule has 4 unspecified atom stereocenters. The van der Waals surface area contributed by atoms with Crippen molar-refractivity contribution in [3.63, 3.8) is 0 Å². The van der Waals surface area contributed by atoms with E-state index in [2.05, 4.69) is 0 Å². The summed E-state index contributed by atoms with van der Waals surface area (Å²) < 4.78 is 55.3. The van der Waals surface area contributed by atoms with E-state index in [0.29, 0.717) is 0 Å². The van der Waals surface area contributed by atoms with Crippen LogP contribution in [0.15, 0.2) is 0 Å². The second kappa shape index (κ2) is 8.06. The van der Waals surface area contributed by atoms with E-state index >= 15 is 0 Å². The molecule has 0 aromatic rings. The second-order valence-electron chi connectivity index (χ2n) is 6.77. The minimum atomic E-state index is -4.62. The van der Waals surface area contributed by atoms with Gasteiger partial charge < -0.3 is 38.7 Å². The van der Waals surface area contributed by atoms with Gasteiger partial charge >= 0.3 is 15.4 Å². The summed E-state index contributed by atoms with van der Waals surface area (Å²) in [7, 11) is -8.84. The average Bonchev–Trinajstić information content (AvgIpc) is 2.99. The number of aliphatic hydroxyl groups excluding tert-OH is 2. The van der Waals surface area contributed by atoms with E-state index in [4.69, 9.17) is 27.8 Å². The largest absolute Gasteiger partial charge is 0.472 e. The number of aliphatic hydroxyl groups is 2. The summed E-state index contributed by atoms with van der Waals surface area (Å²) in [6, 6.07) is 0. The standard InChI is InChI=1S/C13H24O12P2/c1-6-12-10(14)9(23-6)4-22-27(18,19)25-13-7(2)24-8(11(13)15)3-21-26(16,17)5-20-12/h6-15H,3-5H2,1-2H3,(H,16,17)(H,18,19)/t6-,7-,8+,9+,10?,11?,12+,13+/m0/s1. The lowest BCUT2D eigenvalue weighted by Crippen LogP contribution is -2.36. The number of phosphoric ester groups is 1. The normalized spacial score (nSPS) is 55.0. The highest BCUT2D eigenvalue weighted by molar-refractivity contribution is 7.52. The summed E-state index contributed by atoms with van der Waals surface area (Å²) in [6.45, 7) is 2.10. The summed E-state index contributed by atoms with van der Waals surface area (Å²) in [5.41, 5.74) is 0. The Bertz CT molecular complexity index is 630. The van der Waals surface area contributed by atoms with Gasteiger partial charge in [-0.05, 0) is 13.8 Å². The molecule has 3 aliphatic heterocycles. The van der Waals surface area contributed by atoms with Crippen LogP contribution in [0.25, 0.3) is 0 Å². The fraction of sp³-hybridized carbons (Fsp3) is 1.00. The van der Waals surface area contributed by atoms with Crippen molar-refractivity contribution >= 4 is 15.4 Å². The van der Waals surface area contributed by atoms with Gasteiger partial charge in [0.05, 0.1) is 25.4 Å². The van der Waals surface area contributed by atoms with Crippen molar-refractivity contribution in [2.45, 2.75) is 62.7 Å². The predicted molar refractivity (Wildman–Crippen MR) is 86.9 cm³/mol. The molecule has 0 radical (unpaired) electrons. The van der Waals surface area contributed by atoms with Crippen molar-refractivity contribution in [2.75, 3.05) is 19.6 Å². The molecule has 3 saturated heterocycles. The molecule has 158 valence electrons. The number of phosphoric acid groups is 1. The van der Waals surface area contributed by atoms with E-state index in [1.54, 1.807) is 6.92 Å². The fourth-order valence-electron chi connectivity index (χ4n) is 3.26. The Kier molecular flexibility index (Phi) is 6.50. The summed E-state index contributed by atoms with van der Waals surface area (Å²) in [4.78, 5) is 19.8. The highest BCUT2D eigenvalue weighted by atomic mass is 31.2. The molecule has 0 saturated carbocycles. The third kappa shape index (κ3) is 4.98. The van der Waals surface area contributed by atoms with Crippen molar-refractivity contribution in [3.8, 4) is 0 Å². The first-order valence-electron chi connectivity index (χ1n) is 8.40. The summed E-state index contributed by atoms with van der Waals surface area (Å²) >= 11 is 0. The maximum absolute atomic E-state index is 12.2. The molecule has 14 heteroatoms. The van der Waals surface area contributed by atoms with E-state index in [1.165, 1.54) is 6.92 Å². The van der Waals surface area contributed by atoms with E-state index in [1.807, 2.05) is 0 Å². The van der Waals surface area contributed by atoms with Gasteiger partial charge in [0.1, 0.15) is 43.0 Å². The van der Waals surface area contributed by atoms with Gasteiger partial charge in [0.2, 0.25) is 0 Å². The van der Waals surface area contributed by atoms with Gasteiger partial charge in [-0.2, -0.15) is 0 Å². The number of hydrogen-bond donors (Lipinski definition) is 4. The zero-order valence-corrected chi connectivity index (χ0v) is 16.5. The number of ether oxygens (including phenoxy) is 3. The highest BCUT2D eigenvalue weighted by Crippen LogP contribution is 2.49. The SMILES string of the molecule is C[C@@H]1O[C@@H]2COP(=O)(O)O[C@H]3C(O)[C@@H](COP(=O)(O)CO[C@H]1C2O)O[C@H]3C. The fourth-order valence-corrected chi connectivity index (χ4v) is 5.08. The topological polar surface area (TPSA) is 170 Å². The quantitative estimate of drug-likeness (QED) is 0.356. The van der Waals surface area contributed by atoms with Crippen LogP contribution in [0, 0.1) is 0 Å². The highest BCUT2D eigenvalue weighted by Gasteiger charge is 2.49.